The molecule has 1 rings (SSSR count). The lowest BCUT2D eigenvalue weighted by Gasteiger charge is -2.21. The van der Waals surface area contributed by atoms with Gasteiger partial charge in [-0.25, -0.2) is 4.79 Å². The van der Waals surface area contributed by atoms with Crippen molar-refractivity contribution in [3.63, 3.8) is 0 Å². The highest BCUT2D eigenvalue weighted by atomic mass is 32.2. The standard InChI is InChI=1S/C13H18N2O3S/c1-3-15(9-8-12(16)17)13(18)14-10-6-4-5-7-11(10)19-2/h4-7H,3,8-9H2,1-2H3,(H,14,18)(H,16,17). The highest BCUT2D eigenvalue weighted by Crippen LogP contribution is 2.24. The number of thioether (sulfide) groups is 1. The molecule has 0 spiro atoms. The Kier molecular flexibility index (Phi) is 6.21. The molecule has 1 aromatic rings. The minimum absolute atomic E-state index is 0.0502. The van der Waals surface area contributed by atoms with Gasteiger partial charge in [0.1, 0.15) is 0 Å². The molecule has 104 valence electrons. The molecule has 0 unspecified atom stereocenters. The molecule has 0 heterocycles. The van der Waals surface area contributed by atoms with Gasteiger partial charge in [0.25, 0.3) is 0 Å². The number of benzene rings is 1. The Bertz CT molecular complexity index is 451. The van der Waals surface area contributed by atoms with Crippen molar-refractivity contribution in [3.05, 3.63) is 24.3 Å². The highest BCUT2D eigenvalue weighted by molar-refractivity contribution is 7.98. The third-order valence-electron chi connectivity index (χ3n) is 2.61. The number of para-hydroxylation sites is 1. The smallest absolute Gasteiger partial charge is 0.321 e. The summed E-state index contributed by atoms with van der Waals surface area (Å²) in [4.78, 5) is 25.0. The van der Waals surface area contributed by atoms with E-state index in [1.165, 1.54) is 4.90 Å². The fourth-order valence-corrected chi connectivity index (χ4v) is 2.13. The number of amides is 2. The number of nitrogens with zero attached hydrogens (tertiary/aromatic N) is 1. The molecular weight excluding hydrogens is 264 g/mol. The van der Waals surface area contributed by atoms with Crippen LogP contribution in [0.3, 0.4) is 0 Å². The fraction of sp³-hybridized carbons (Fsp3) is 0.385. The number of nitrogens with one attached hydrogen (secondary N) is 1. The Balaban J connectivity index is 2.68. The number of rotatable bonds is 6. The van der Waals surface area contributed by atoms with Crippen molar-refractivity contribution < 1.29 is 14.7 Å². The zero-order valence-electron chi connectivity index (χ0n) is 11.0. The number of aliphatic carboxylic acids is 1. The molecule has 0 fully saturated rings. The summed E-state index contributed by atoms with van der Waals surface area (Å²) in [5.74, 6) is -0.907. The van der Waals surface area contributed by atoms with Crippen molar-refractivity contribution in [2.75, 3.05) is 24.7 Å². The average Bonchev–Trinajstić information content (AvgIpc) is 2.39. The maximum absolute atomic E-state index is 12.0. The van der Waals surface area contributed by atoms with E-state index in [0.29, 0.717) is 6.54 Å². The summed E-state index contributed by atoms with van der Waals surface area (Å²) in [7, 11) is 0. The third kappa shape index (κ3) is 4.82. The van der Waals surface area contributed by atoms with Crippen LogP contribution in [-0.4, -0.2) is 41.4 Å². The average molecular weight is 282 g/mol. The van der Waals surface area contributed by atoms with E-state index < -0.39 is 5.97 Å². The Hall–Kier alpha value is -1.69. The Morgan fingerprint density at radius 2 is 2.05 bits per heavy atom. The van der Waals surface area contributed by atoms with Gasteiger partial charge in [0.05, 0.1) is 12.1 Å². The quantitative estimate of drug-likeness (QED) is 0.787. The first-order valence-corrected chi connectivity index (χ1v) is 7.21. The second-order valence-corrected chi connectivity index (χ2v) is 4.70. The summed E-state index contributed by atoms with van der Waals surface area (Å²) < 4.78 is 0. The Morgan fingerprint density at radius 1 is 1.37 bits per heavy atom. The minimum Gasteiger partial charge on any atom is -0.481 e. The molecule has 0 bridgehead atoms. The van der Waals surface area contributed by atoms with Crippen LogP contribution in [0.1, 0.15) is 13.3 Å². The third-order valence-corrected chi connectivity index (χ3v) is 3.41. The second kappa shape index (κ2) is 7.68. The number of anilines is 1. The summed E-state index contributed by atoms with van der Waals surface area (Å²) in [5.41, 5.74) is 0.744. The largest absolute Gasteiger partial charge is 0.481 e. The van der Waals surface area contributed by atoms with Gasteiger partial charge in [-0.15, -0.1) is 11.8 Å². The maximum atomic E-state index is 12.0. The predicted molar refractivity (Wildman–Crippen MR) is 76.7 cm³/mol. The van der Waals surface area contributed by atoms with Gasteiger partial charge in [0, 0.05) is 18.0 Å². The minimum atomic E-state index is -0.907. The first kappa shape index (κ1) is 15.4. The number of carboxylic acid groups (broad SMARTS) is 1. The zero-order chi connectivity index (χ0) is 14.3. The van der Waals surface area contributed by atoms with Crippen LogP contribution in [0, 0.1) is 0 Å². The normalized spacial score (nSPS) is 10.0. The molecule has 0 saturated carbocycles. The fourth-order valence-electron chi connectivity index (χ4n) is 1.58. The van der Waals surface area contributed by atoms with Crippen molar-refractivity contribution >= 4 is 29.4 Å². The van der Waals surface area contributed by atoms with E-state index in [4.69, 9.17) is 5.11 Å². The van der Waals surface area contributed by atoms with Gasteiger partial charge in [-0.05, 0) is 25.3 Å². The maximum Gasteiger partial charge on any atom is 0.321 e. The van der Waals surface area contributed by atoms with Gasteiger partial charge >= 0.3 is 12.0 Å². The van der Waals surface area contributed by atoms with E-state index in [1.54, 1.807) is 11.8 Å². The molecule has 0 aliphatic heterocycles. The van der Waals surface area contributed by atoms with Crippen LogP contribution in [-0.2, 0) is 4.79 Å². The molecular formula is C13H18N2O3S. The van der Waals surface area contributed by atoms with Crippen molar-refractivity contribution in [1.82, 2.24) is 4.90 Å². The number of carbonyl (C=O) groups is 2. The van der Waals surface area contributed by atoms with Crippen LogP contribution in [0.15, 0.2) is 29.2 Å². The topological polar surface area (TPSA) is 69.6 Å². The SMILES string of the molecule is CCN(CCC(=O)O)C(=O)Nc1ccccc1SC. The Labute approximate surface area is 117 Å². The molecule has 6 heteroatoms. The van der Waals surface area contributed by atoms with Crippen molar-refractivity contribution in [3.8, 4) is 0 Å². The van der Waals surface area contributed by atoms with E-state index >= 15 is 0 Å². The van der Waals surface area contributed by atoms with Crippen LogP contribution in [0.2, 0.25) is 0 Å². The van der Waals surface area contributed by atoms with Gasteiger partial charge in [-0.3, -0.25) is 4.79 Å². The Morgan fingerprint density at radius 3 is 2.63 bits per heavy atom. The lowest BCUT2D eigenvalue weighted by molar-refractivity contribution is -0.137. The summed E-state index contributed by atoms with van der Waals surface area (Å²) in [6, 6.07) is 7.24. The number of urea groups is 1. The molecule has 0 saturated heterocycles. The van der Waals surface area contributed by atoms with Gasteiger partial charge in [-0.1, -0.05) is 12.1 Å². The number of hydrogen-bond donors (Lipinski definition) is 2. The van der Waals surface area contributed by atoms with Crippen molar-refractivity contribution in [1.29, 1.82) is 0 Å². The molecule has 2 N–H and O–H groups in total. The molecule has 1 aromatic carbocycles. The summed E-state index contributed by atoms with van der Waals surface area (Å²) >= 11 is 1.55. The highest BCUT2D eigenvalue weighted by Gasteiger charge is 2.14. The van der Waals surface area contributed by atoms with Crippen LogP contribution < -0.4 is 5.32 Å². The van der Waals surface area contributed by atoms with Gasteiger partial charge < -0.3 is 15.3 Å². The van der Waals surface area contributed by atoms with Gasteiger partial charge in [0.2, 0.25) is 0 Å². The monoisotopic (exact) mass is 282 g/mol. The number of carboxylic acids is 1. The molecule has 0 atom stereocenters. The van der Waals surface area contributed by atoms with E-state index in [9.17, 15) is 9.59 Å². The van der Waals surface area contributed by atoms with Gasteiger partial charge in [0.15, 0.2) is 0 Å². The van der Waals surface area contributed by atoms with E-state index in [0.717, 1.165) is 10.6 Å². The van der Waals surface area contributed by atoms with Gasteiger partial charge in [-0.2, -0.15) is 0 Å². The molecule has 0 aliphatic carbocycles. The van der Waals surface area contributed by atoms with Crippen molar-refractivity contribution in [2.24, 2.45) is 0 Å². The summed E-state index contributed by atoms with van der Waals surface area (Å²) in [6.07, 6.45) is 1.89. The molecule has 2 amide bonds. The predicted octanol–water partition coefficient (Wildman–Crippen LogP) is 2.74. The first-order chi connectivity index (χ1) is 9.08. The summed E-state index contributed by atoms with van der Waals surface area (Å²) in [5, 5.41) is 11.5. The number of hydrogen-bond acceptors (Lipinski definition) is 3. The molecule has 5 nitrogen and oxygen atoms in total. The van der Waals surface area contributed by atoms with E-state index in [1.807, 2.05) is 37.4 Å². The van der Waals surface area contributed by atoms with Crippen LogP contribution in [0.25, 0.3) is 0 Å². The summed E-state index contributed by atoms with van der Waals surface area (Å²) in [6.45, 7) is 2.50. The van der Waals surface area contributed by atoms with Crippen molar-refractivity contribution in [2.45, 2.75) is 18.2 Å². The van der Waals surface area contributed by atoms with Crippen LogP contribution in [0.5, 0.6) is 0 Å². The van der Waals surface area contributed by atoms with E-state index in [-0.39, 0.29) is 19.0 Å². The van der Waals surface area contributed by atoms with Crippen LogP contribution in [0.4, 0.5) is 10.5 Å². The van der Waals surface area contributed by atoms with Crippen LogP contribution >= 0.6 is 11.8 Å². The zero-order valence-corrected chi connectivity index (χ0v) is 11.9. The molecule has 0 aliphatic rings. The first-order valence-electron chi connectivity index (χ1n) is 5.99. The number of carbonyl (C=O) groups excluding carboxylic acids is 1. The molecule has 0 radical (unpaired) electrons. The molecule has 19 heavy (non-hydrogen) atoms. The molecule has 0 aromatic heterocycles. The van der Waals surface area contributed by atoms with E-state index in [2.05, 4.69) is 5.32 Å². The lowest BCUT2D eigenvalue weighted by Crippen LogP contribution is -2.36. The lowest BCUT2D eigenvalue weighted by atomic mass is 10.3. The second-order valence-electron chi connectivity index (χ2n) is 3.85.